The fourth-order valence-corrected chi connectivity index (χ4v) is 3.55. The van der Waals surface area contributed by atoms with Gasteiger partial charge in [-0.25, -0.2) is 0 Å². The second kappa shape index (κ2) is 7.20. The van der Waals surface area contributed by atoms with Crippen LogP contribution in [0.5, 0.6) is 0 Å². The fourth-order valence-electron chi connectivity index (χ4n) is 2.24. The number of halogens is 1. The summed E-state index contributed by atoms with van der Waals surface area (Å²) in [7, 11) is 1.73. The van der Waals surface area contributed by atoms with Gasteiger partial charge in [-0.1, -0.05) is 17.7 Å². The van der Waals surface area contributed by atoms with Gasteiger partial charge in [0.05, 0.1) is 23.2 Å². The van der Waals surface area contributed by atoms with Gasteiger partial charge in [0.25, 0.3) is 0 Å². The maximum absolute atomic E-state index is 10.6. The van der Waals surface area contributed by atoms with Crippen molar-refractivity contribution in [2.24, 2.45) is 0 Å². The second-order valence-electron chi connectivity index (χ2n) is 4.67. The van der Waals surface area contributed by atoms with Gasteiger partial charge in [-0.05, 0) is 18.6 Å². The number of carboxylic acids is 1. The van der Waals surface area contributed by atoms with E-state index >= 15 is 0 Å². The molecule has 1 aromatic rings. The Morgan fingerprint density at radius 1 is 1.60 bits per heavy atom. The normalized spacial score (nSPS) is 18.5. The van der Waals surface area contributed by atoms with Crippen LogP contribution in [-0.2, 0) is 9.53 Å². The summed E-state index contributed by atoms with van der Waals surface area (Å²) >= 11 is 7.93. The van der Waals surface area contributed by atoms with Gasteiger partial charge in [-0.2, -0.15) is 0 Å². The average Bonchev–Trinajstić information content (AvgIpc) is 2.89. The Bertz CT molecular complexity index is 483. The number of hydrogen-bond acceptors (Lipinski definition) is 4. The average molecular weight is 316 g/mol. The number of anilines is 1. The van der Waals surface area contributed by atoms with E-state index in [9.17, 15) is 4.79 Å². The molecule has 1 aliphatic rings. The number of hydrogen-bond donors (Lipinski definition) is 1. The zero-order chi connectivity index (χ0) is 14.5. The Morgan fingerprint density at radius 2 is 2.40 bits per heavy atom. The van der Waals surface area contributed by atoms with Gasteiger partial charge in [0, 0.05) is 30.8 Å². The van der Waals surface area contributed by atoms with Crippen molar-refractivity contribution in [3.63, 3.8) is 0 Å². The molecule has 2 rings (SSSR count). The van der Waals surface area contributed by atoms with Gasteiger partial charge in [-0.3, -0.25) is 4.79 Å². The highest BCUT2D eigenvalue weighted by Gasteiger charge is 2.24. The third kappa shape index (κ3) is 3.81. The number of benzene rings is 1. The lowest BCUT2D eigenvalue weighted by atomic mass is 10.3. The smallest absolute Gasteiger partial charge is 0.304 e. The van der Waals surface area contributed by atoms with Gasteiger partial charge >= 0.3 is 5.97 Å². The molecule has 0 saturated carbocycles. The second-order valence-corrected chi connectivity index (χ2v) is 6.19. The van der Waals surface area contributed by atoms with Crippen molar-refractivity contribution in [2.45, 2.75) is 23.8 Å². The lowest BCUT2D eigenvalue weighted by molar-refractivity contribution is -0.136. The summed E-state index contributed by atoms with van der Waals surface area (Å²) in [6.45, 7) is 1.78. The molecular formula is C14H18ClNO3S. The number of rotatable bonds is 6. The van der Waals surface area contributed by atoms with E-state index in [1.54, 1.807) is 7.11 Å². The van der Waals surface area contributed by atoms with Crippen LogP contribution in [0.4, 0.5) is 5.69 Å². The Morgan fingerprint density at radius 3 is 3.05 bits per heavy atom. The number of thioether (sulfide) groups is 1. The molecule has 0 radical (unpaired) electrons. The molecule has 1 heterocycles. The minimum Gasteiger partial charge on any atom is -0.481 e. The van der Waals surface area contributed by atoms with Crippen LogP contribution < -0.4 is 4.90 Å². The Hall–Kier alpha value is -0.910. The fraction of sp³-hybridized carbons (Fsp3) is 0.500. The van der Waals surface area contributed by atoms with Crippen LogP contribution >= 0.6 is 23.4 Å². The summed E-state index contributed by atoms with van der Waals surface area (Å²) in [4.78, 5) is 13.7. The molecule has 0 spiro atoms. The van der Waals surface area contributed by atoms with E-state index in [-0.39, 0.29) is 12.5 Å². The molecule has 1 aliphatic heterocycles. The summed E-state index contributed by atoms with van der Waals surface area (Å²) < 4.78 is 5.37. The van der Waals surface area contributed by atoms with Gasteiger partial charge in [0.15, 0.2) is 0 Å². The molecule has 1 atom stereocenters. The number of carbonyl (C=O) groups is 1. The molecule has 110 valence electrons. The first-order valence-electron chi connectivity index (χ1n) is 6.52. The van der Waals surface area contributed by atoms with Crippen LogP contribution in [-0.4, -0.2) is 43.1 Å². The Balaban J connectivity index is 2.05. The predicted molar refractivity (Wildman–Crippen MR) is 82.1 cm³/mol. The maximum atomic E-state index is 10.6. The van der Waals surface area contributed by atoms with E-state index < -0.39 is 5.97 Å². The van der Waals surface area contributed by atoms with E-state index in [1.165, 1.54) is 11.8 Å². The molecule has 0 aliphatic carbocycles. The van der Waals surface area contributed by atoms with Gasteiger partial charge in [-0.15, -0.1) is 11.8 Å². The molecule has 0 aromatic heterocycles. The number of carboxylic acid groups (broad SMARTS) is 1. The minimum absolute atomic E-state index is 0.140. The van der Waals surface area contributed by atoms with Crippen molar-refractivity contribution in [2.75, 3.05) is 30.9 Å². The molecule has 1 aromatic carbocycles. The van der Waals surface area contributed by atoms with Crippen molar-refractivity contribution in [3.8, 4) is 0 Å². The molecule has 6 heteroatoms. The Kier molecular flexibility index (Phi) is 5.57. The van der Waals surface area contributed by atoms with E-state index in [1.807, 2.05) is 18.2 Å². The predicted octanol–water partition coefficient (Wildman–Crippen LogP) is 3.13. The highest BCUT2D eigenvalue weighted by Crippen LogP contribution is 2.37. The molecule has 4 nitrogen and oxygen atoms in total. The zero-order valence-electron chi connectivity index (χ0n) is 11.3. The third-order valence-electron chi connectivity index (χ3n) is 3.34. The van der Waals surface area contributed by atoms with E-state index in [2.05, 4.69) is 4.90 Å². The lowest BCUT2D eigenvalue weighted by Crippen LogP contribution is -2.22. The van der Waals surface area contributed by atoms with Gasteiger partial charge in [0.1, 0.15) is 0 Å². The molecule has 0 bridgehead atoms. The molecule has 1 N–H and O–H groups in total. The summed E-state index contributed by atoms with van der Waals surface area (Å²) in [5, 5.41) is 9.38. The number of methoxy groups -OCH3 is 1. The first-order valence-corrected chi connectivity index (χ1v) is 7.89. The largest absolute Gasteiger partial charge is 0.481 e. The number of ether oxygens (including phenoxy) is 1. The maximum Gasteiger partial charge on any atom is 0.304 e. The summed E-state index contributed by atoms with van der Waals surface area (Å²) in [6, 6.07) is 5.90. The van der Waals surface area contributed by atoms with Gasteiger partial charge < -0.3 is 14.7 Å². The molecule has 0 amide bonds. The van der Waals surface area contributed by atoms with Crippen LogP contribution in [0.2, 0.25) is 5.02 Å². The first-order chi connectivity index (χ1) is 9.61. The van der Waals surface area contributed by atoms with E-state index in [4.69, 9.17) is 21.4 Å². The topological polar surface area (TPSA) is 49.8 Å². The number of nitrogens with zero attached hydrogens (tertiary/aromatic N) is 1. The number of aliphatic carboxylic acids is 1. The Labute approximate surface area is 128 Å². The van der Waals surface area contributed by atoms with E-state index in [0.29, 0.717) is 10.8 Å². The van der Waals surface area contributed by atoms with Crippen molar-refractivity contribution >= 4 is 35.0 Å². The highest BCUT2D eigenvalue weighted by molar-refractivity contribution is 7.99. The minimum atomic E-state index is -0.785. The van der Waals surface area contributed by atoms with Crippen molar-refractivity contribution in [3.05, 3.63) is 23.2 Å². The van der Waals surface area contributed by atoms with Crippen molar-refractivity contribution < 1.29 is 14.6 Å². The lowest BCUT2D eigenvalue weighted by Gasteiger charge is -2.21. The summed E-state index contributed by atoms with van der Waals surface area (Å²) in [6.07, 6.45) is 1.40. The molecule has 1 fully saturated rings. The third-order valence-corrected chi connectivity index (χ3v) is 4.90. The quantitative estimate of drug-likeness (QED) is 0.817. The molecular weight excluding hydrogens is 298 g/mol. The highest BCUT2D eigenvalue weighted by atomic mass is 35.5. The van der Waals surface area contributed by atoms with Crippen LogP contribution in [0.3, 0.4) is 0 Å². The van der Waals surface area contributed by atoms with Crippen LogP contribution in [0, 0.1) is 0 Å². The SMILES string of the molecule is COC1CCN(c2cccc(SCCC(=O)O)c2Cl)C1. The van der Waals surface area contributed by atoms with Crippen LogP contribution in [0.1, 0.15) is 12.8 Å². The summed E-state index contributed by atoms with van der Waals surface area (Å²) in [5.74, 6) is -0.258. The van der Waals surface area contributed by atoms with Gasteiger partial charge in [0.2, 0.25) is 0 Å². The van der Waals surface area contributed by atoms with Crippen molar-refractivity contribution in [1.82, 2.24) is 0 Å². The van der Waals surface area contributed by atoms with E-state index in [0.717, 1.165) is 30.1 Å². The van der Waals surface area contributed by atoms with Crippen molar-refractivity contribution in [1.29, 1.82) is 0 Å². The molecule has 1 saturated heterocycles. The molecule has 1 unspecified atom stereocenters. The van der Waals surface area contributed by atoms with Crippen LogP contribution in [0.15, 0.2) is 23.1 Å². The summed E-state index contributed by atoms with van der Waals surface area (Å²) in [5.41, 5.74) is 1.01. The zero-order valence-corrected chi connectivity index (χ0v) is 12.9. The first kappa shape index (κ1) is 15.5. The monoisotopic (exact) mass is 315 g/mol. The van der Waals surface area contributed by atoms with Crippen LogP contribution in [0.25, 0.3) is 0 Å². The molecule has 20 heavy (non-hydrogen) atoms. The standard InChI is InChI=1S/C14H18ClNO3S/c1-19-10-5-7-16(9-10)11-3-2-4-12(14(11)15)20-8-6-13(17)18/h2-4,10H,5-9H2,1H3,(H,17,18).